The quantitative estimate of drug-likeness (QED) is 0.896. The number of rotatable bonds is 2. The Kier molecular flexibility index (Phi) is 3.49. The summed E-state index contributed by atoms with van der Waals surface area (Å²) < 4.78 is 38.1. The number of benzene rings is 2. The Morgan fingerprint density at radius 1 is 0.952 bits per heavy atom. The van der Waals surface area contributed by atoms with Crippen molar-refractivity contribution in [1.82, 2.24) is 0 Å². The molecule has 0 amide bonds. The van der Waals surface area contributed by atoms with E-state index in [-0.39, 0.29) is 6.04 Å². The molecule has 0 spiro atoms. The van der Waals surface area contributed by atoms with Crippen molar-refractivity contribution in [3.63, 3.8) is 0 Å². The van der Waals surface area contributed by atoms with E-state index in [4.69, 9.17) is 5.73 Å². The predicted octanol–water partition coefficient (Wildman–Crippen LogP) is 3.72. The van der Waals surface area contributed by atoms with Crippen LogP contribution in [-0.2, 0) is 25.4 Å². The van der Waals surface area contributed by atoms with Crippen molar-refractivity contribution in [2.45, 2.75) is 31.5 Å². The summed E-state index contributed by atoms with van der Waals surface area (Å²) in [5.41, 5.74) is 9.53. The number of nitrogens with two attached hydrogens (primary N) is 1. The number of hydrogen-bond donors (Lipinski definition) is 1. The molecule has 21 heavy (non-hydrogen) atoms. The van der Waals surface area contributed by atoms with E-state index in [9.17, 15) is 13.2 Å². The van der Waals surface area contributed by atoms with Gasteiger partial charge in [-0.15, -0.1) is 0 Å². The molecule has 1 atom stereocenters. The Morgan fingerprint density at radius 2 is 1.67 bits per heavy atom. The summed E-state index contributed by atoms with van der Waals surface area (Å²) in [6.45, 7) is 0. The molecule has 1 aliphatic carbocycles. The van der Waals surface area contributed by atoms with Gasteiger partial charge in [0.25, 0.3) is 0 Å². The van der Waals surface area contributed by atoms with Crippen LogP contribution in [0.3, 0.4) is 0 Å². The predicted molar refractivity (Wildman–Crippen MR) is 76.1 cm³/mol. The second-order valence-corrected chi connectivity index (χ2v) is 5.65. The van der Waals surface area contributed by atoms with E-state index in [1.54, 1.807) is 6.07 Å². The first-order valence-corrected chi connectivity index (χ1v) is 6.94. The van der Waals surface area contributed by atoms with Crippen LogP contribution < -0.4 is 5.73 Å². The van der Waals surface area contributed by atoms with Crippen molar-refractivity contribution < 1.29 is 13.2 Å². The summed E-state index contributed by atoms with van der Waals surface area (Å²) >= 11 is 0. The average molecular weight is 291 g/mol. The summed E-state index contributed by atoms with van der Waals surface area (Å²) in [7, 11) is 0. The van der Waals surface area contributed by atoms with E-state index < -0.39 is 11.7 Å². The van der Waals surface area contributed by atoms with Crippen molar-refractivity contribution in [2.75, 3.05) is 0 Å². The monoisotopic (exact) mass is 291 g/mol. The Hall–Kier alpha value is -1.81. The lowest BCUT2D eigenvalue weighted by Crippen LogP contribution is -2.18. The van der Waals surface area contributed by atoms with Crippen LogP contribution in [0.4, 0.5) is 13.2 Å². The van der Waals surface area contributed by atoms with E-state index in [1.807, 2.05) is 12.1 Å². The fourth-order valence-corrected chi connectivity index (χ4v) is 2.91. The van der Waals surface area contributed by atoms with Crippen LogP contribution in [0.25, 0.3) is 0 Å². The SMILES string of the molecule is NC1Cc2ccc(Cc3cccc(C(F)(F)F)c3)cc2C1. The lowest BCUT2D eigenvalue weighted by molar-refractivity contribution is -0.137. The van der Waals surface area contributed by atoms with Gasteiger partial charge in [-0.1, -0.05) is 36.4 Å². The highest BCUT2D eigenvalue weighted by Crippen LogP contribution is 2.30. The van der Waals surface area contributed by atoms with E-state index in [0.717, 1.165) is 24.5 Å². The zero-order chi connectivity index (χ0) is 15.0. The minimum atomic E-state index is -4.29. The third-order valence-corrected chi connectivity index (χ3v) is 3.90. The lowest BCUT2D eigenvalue weighted by atomic mass is 9.99. The van der Waals surface area contributed by atoms with Gasteiger partial charge < -0.3 is 5.73 Å². The van der Waals surface area contributed by atoms with E-state index in [2.05, 4.69) is 6.07 Å². The van der Waals surface area contributed by atoms with E-state index in [1.165, 1.54) is 23.3 Å². The van der Waals surface area contributed by atoms with Crippen molar-refractivity contribution in [3.05, 3.63) is 70.3 Å². The van der Waals surface area contributed by atoms with Gasteiger partial charge in [-0.25, -0.2) is 0 Å². The van der Waals surface area contributed by atoms with E-state index in [0.29, 0.717) is 12.0 Å². The van der Waals surface area contributed by atoms with Gasteiger partial charge in [0.15, 0.2) is 0 Å². The summed E-state index contributed by atoms with van der Waals surface area (Å²) in [6.07, 6.45) is -2.04. The molecule has 0 bridgehead atoms. The fraction of sp³-hybridized carbons (Fsp3) is 0.294. The summed E-state index contributed by atoms with van der Waals surface area (Å²) in [5.74, 6) is 0. The van der Waals surface area contributed by atoms with Gasteiger partial charge in [-0.3, -0.25) is 0 Å². The molecule has 2 N–H and O–H groups in total. The van der Waals surface area contributed by atoms with Crippen LogP contribution >= 0.6 is 0 Å². The first kappa shape index (κ1) is 14.1. The maximum atomic E-state index is 12.7. The third kappa shape index (κ3) is 3.10. The summed E-state index contributed by atoms with van der Waals surface area (Å²) in [4.78, 5) is 0. The molecule has 1 aliphatic rings. The number of alkyl halides is 3. The Morgan fingerprint density at radius 3 is 2.43 bits per heavy atom. The molecule has 0 radical (unpaired) electrons. The largest absolute Gasteiger partial charge is 0.416 e. The van der Waals surface area contributed by atoms with Crippen LogP contribution in [0.15, 0.2) is 42.5 Å². The van der Waals surface area contributed by atoms with Crippen molar-refractivity contribution in [3.8, 4) is 0 Å². The molecule has 0 aliphatic heterocycles. The standard InChI is InChI=1S/C17H16F3N/c18-17(19,20)15-3-1-2-11(8-15)6-12-4-5-13-9-16(21)10-14(13)7-12/h1-5,7-8,16H,6,9-10,21H2. The molecule has 0 heterocycles. The molecule has 0 aromatic heterocycles. The molecule has 3 rings (SSSR count). The van der Waals surface area contributed by atoms with E-state index >= 15 is 0 Å². The van der Waals surface area contributed by atoms with Crippen LogP contribution in [0.5, 0.6) is 0 Å². The molecule has 0 fully saturated rings. The third-order valence-electron chi connectivity index (χ3n) is 3.90. The first-order valence-electron chi connectivity index (χ1n) is 6.94. The highest BCUT2D eigenvalue weighted by Gasteiger charge is 2.30. The van der Waals surface area contributed by atoms with Crippen LogP contribution in [0.2, 0.25) is 0 Å². The second kappa shape index (κ2) is 5.19. The minimum absolute atomic E-state index is 0.170. The van der Waals surface area contributed by atoms with Crippen molar-refractivity contribution in [1.29, 1.82) is 0 Å². The van der Waals surface area contributed by atoms with Gasteiger partial charge in [0.05, 0.1) is 5.56 Å². The highest BCUT2D eigenvalue weighted by molar-refractivity contribution is 5.39. The van der Waals surface area contributed by atoms with Crippen molar-refractivity contribution >= 4 is 0 Å². The minimum Gasteiger partial charge on any atom is -0.327 e. The first-order chi connectivity index (χ1) is 9.91. The molecular weight excluding hydrogens is 275 g/mol. The zero-order valence-corrected chi connectivity index (χ0v) is 11.5. The van der Waals surface area contributed by atoms with Gasteiger partial charge in [-0.05, 0) is 47.6 Å². The second-order valence-electron chi connectivity index (χ2n) is 5.65. The molecule has 1 unspecified atom stereocenters. The maximum Gasteiger partial charge on any atom is 0.416 e. The number of fused-ring (bicyclic) bond motifs is 1. The molecule has 0 saturated heterocycles. The zero-order valence-electron chi connectivity index (χ0n) is 11.5. The Balaban J connectivity index is 1.83. The van der Waals surface area contributed by atoms with Crippen LogP contribution in [0, 0.1) is 0 Å². The Bertz CT molecular complexity index is 661. The summed E-state index contributed by atoms with van der Waals surface area (Å²) in [5, 5.41) is 0. The van der Waals surface area contributed by atoms with Gasteiger partial charge in [0.2, 0.25) is 0 Å². The maximum absolute atomic E-state index is 12.7. The summed E-state index contributed by atoms with van der Waals surface area (Å²) in [6, 6.07) is 11.8. The molecule has 0 saturated carbocycles. The average Bonchev–Trinajstić information content (AvgIpc) is 2.77. The van der Waals surface area contributed by atoms with Gasteiger partial charge in [0.1, 0.15) is 0 Å². The molecule has 2 aromatic rings. The molecule has 4 heteroatoms. The van der Waals surface area contributed by atoms with Crippen LogP contribution in [0.1, 0.15) is 27.8 Å². The topological polar surface area (TPSA) is 26.0 Å². The van der Waals surface area contributed by atoms with Gasteiger partial charge in [-0.2, -0.15) is 13.2 Å². The smallest absolute Gasteiger partial charge is 0.327 e. The van der Waals surface area contributed by atoms with Gasteiger partial charge in [0, 0.05) is 6.04 Å². The van der Waals surface area contributed by atoms with Crippen LogP contribution in [-0.4, -0.2) is 6.04 Å². The fourth-order valence-electron chi connectivity index (χ4n) is 2.91. The van der Waals surface area contributed by atoms with Crippen molar-refractivity contribution in [2.24, 2.45) is 5.73 Å². The Labute approximate surface area is 121 Å². The number of hydrogen-bond acceptors (Lipinski definition) is 1. The lowest BCUT2D eigenvalue weighted by Gasteiger charge is -2.09. The number of halogens is 3. The molecule has 110 valence electrons. The molecule has 1 nitrogen and oxygen atoms in total. The molecular formula is C17H16F3N. The normalized spacial score (nSPS) is 17.8. The molecule has 2 aromatic carbocycles. The van der Waals surface area contributed by atoms with Gasteiger partial charge >= 0.3 is 6.18 Å². The highest BCUT2D eigenvalue weighted by atomic mass is 19.4.